The van der Waals surface area contributed by atoms with Crippen LogP contribution in [0.15, 0.2) is 24.4 Å². The number of hydrogen-bond donors (Lipinski definition) is 1. The van der Waals surface area contributed by atoms with E-state index in [0.29, 0.717) is 43.9 Å². The van der Waals surface area contributed by atoms with Crippen LogP contribution >= 0.6 is 0 Å². The Labute approximate surface area is 192 Å². The number of halogens is 3. The number of alkyl halides is 3. The lowest BCUT2D eigenvalue weighted by molar-refractivity contribution is -0.143. The van der Waals surface area contributed by atoms with E-state index in [0.717, 1.165) is 18.7 Å². The van der Waals surface area contributed by atoms with Crippen molar-refractivity contribution in [2.45, 2.75) is 64.0 Å². The third-order valence-corrected chi connectivity index (χ3v) is 7.30. The molecular weight excluding hydrogens is 435 g/mol. The molecule has 4 rings (SSSR count). The third kappa shape index (κ3) is 4.81. The van der Waals surface area contributed by atoms with Gasteiger partial charge in [-0.3, -0.25) is 9.78 Å². The molecule has 1 aromatic rings. The number of methoxy groups -OCH3 is 1. The molecular formula is C24H32F3N3O3. The maximum atomic E-state index is 13.8. The molecule has 0 spiro atoms. The maximum Gasteiger partial charge on any atom is 0.417 e. The Kier molecular flexibility index (Phi) is 6.85. The molecule has 3 aliphatic rings. The molecule has 1 saturated heterocycles. The summed E-state index contributed by atoms with van der Waals surface area (Å²) in [6.07, 6.45) is 2.35. The molecule has 4 unspecified atom stereocenters. The van der Waals surface area contributed by atoms with E-state index in [9.17, 15) is 18.0 Å². The number of carbonyl (C=O) groups is 1. The second-order valence-electron chi connectivity index (χ2n) is 9.58. The lowest BCUT2D eigenvalue weighted by atomic mass is 9.74. The number of nitrogens with one attached hydrogen (secondary N) is 1. The Balaban J connectivity index is 1.49. The van der Waals surface area contributed by atoms with Crippen molar-refractivity contribution in [2.75, 3.05) is 26.9 Å². The number of fused-ring (bicyclic) bond motifs is 1. The fourth-order valence-corrected chi connectivity index (χ4v) is 5.19. The first-order valence-electron chi connectivity index (χ1n) is 11.5. The quantitative estimate of drug-likeness (QED) is 0.673. The van der Waals surface area contributed by atoms with Crippen LogP contribution < -0.4 is 5.32 Å². The van der Waals surface area contributed by atoms with Gasteiger partial charge in [0.15, 0.2) is 0 Å². The van der Waals surface area contributed by atoms with Gasteiger partial charge >= 0.3 is 6.18 Å². The Bertz CT molecular complexity index is 905. The highest BCUT2D eigenvalue weighted by atomic mass is 19.4. The van der Waals surface area contributed by atoms with Gasteiger partial charge in [-0.05, 0) is 30.4 Å². The molecule has 0 saturated carbocycles. The van der Waals surface area contributed by atoms with Gasteiger partial charge < -0.3 is 19.7 Å². The molecule has 4 atom stereocenters. The zero-order valence-electron chi connectivity index (χ0n) is 19.3. The van der Waals surface area contributed by atoms with E-state index in [1.807, 2.05) is 19.9 Å². The number of pyridine rings is 1. The monoisotopic (exact) mass is 467 g/mol. The van der Waals surface area contributed by atoms with Crippen molar-refractivity contribution in [3.8, 4) is 0 Å². The summed E-state index contributed by atoms with van der Waals surface area (Å²) in [6, 6.07) is 1.30. The van der Waals surface area contributed by atoms with E-state index < -0.39 is 17.2 Å². The van der Waals surface area contributed by atoms with Crippen LogP contribution in [0.3, 0.4) is 0 Å². The third-order valence-electron chi connectivity index (χ3n) is 7.30. The predicted octanol–water partition coefficient (Wildman–Crippen LogP) is 3.35. The second-order valence-corrected chi connectivity index (χ2v) is 9.58. The van der Waals surface area contributed by atoms with Crippen molar-refractivity contribution in [3.63, 3.8) is 0 Å². The van der Waals surface area contributed by atoms with Gasteiger partial charge in [-0.2, -0.15) is 13.2 Å². The van der Waals surface area contributed by atoms with Crippen LogP contribution in [-0.4, -0.2) is 60.8 Å². The van der Waals surface area contributed by atoms with Crippen molar-refractivity contribution in [2.24, 2.45) is 11.3 Å². The van der Waals surface area contributed by atoms with Crippen LogP contribution in [0.25, 0.3) is 0 Å². The van der Waals surface area contributed by atoms with Crippen molar-refractivity contribution < 1.29 is 27.4 Å². The average molecular weight is 468 g/mol. The fourth-order valence-electron chi connectivity index (χ4n) is 5.19. The Morgan fingerprint density at radius 1 is 1.39 bits per heavy atom. The number of ether oxygens (including phenoxy) is 2. The van der Waals surface area contributed by atoms with Gasteiger partial charge in [-0.1, -0.05) is 26.0 Å². The highest BCUT2D eigenvalue weighted by molar-refractivity contribution is 5.86. The molecule has 1 N–H and O–H groups in total. The van der Waals surface area contributed by atoms with Crippen molar-refractivity contribution >= 4 is 5.91 Å². The number of nitrogens with zero attached hydrogens (tertiary/aromatic N) is 2. The molecule has 0 bridgehead atoms. The van der Waals surface area contributed by atoms with Gasteiger partial charge in [0.1, 0.15) is 0 Å². The van der Waals surface area contributed by atoms with Crippen LogP contribution in [-0.2, 0) is 33.4 Å². The lowest BCUT2D eigenvalue weighted by Crippen LogP contribution is -2.52. The van der Waals surface area contributed by atoms with Gasteiger partial charge in [-0.15, -0.1) is 0 Å². The molecule has 0 radical (unpaired) electrons. The highest BCUT2D eigenvalue weighted by Crippen LogP contribution is 2.42. The average Bonchev–Trinajstić information content (AvgIpc) is 3.23. The van der Waals surface area contributed by atoms with E-state index in [2.05, 4.69) is 16.4 Å². The zero-order valence-corrected chi connectivity index (χ0v) is 19.3. The van der Waals surface area contributed by atoms with Crippen LogP contribution in [0.4, 0.5) is 13.2 Å². The van der Waals surface area contributed by atoms with E-state index in [-0.39, 0.29) is 36.6 Å². The van der Waals surface area contributed by atoms with Gasteiger partial charge in [0.2, 0.25) is 5.91 Å². The van der Waals surface area contributed by atoms with Gasteiger partial charge in [0.05, 0.1) is 23.7 Å². The highest BCUT2D eigenvalue weighted by Gasteiger charge is 2.47. The van der Waals surface area contributed by atoms with Gasteiger partial charge in [-0.25, -0.2) is 0 Å². The van der Waals surface area contributed by atoms with E-state index in [1.165, 1.54) is 0 Å². The van der Waals surface area contributed by atoms with Crippen LogP contribution in [0.1, 0.15) is 43.5 Å². The van der Waals surface area contributed by atoms with Crippen molar-refractivity contribution in [3.05, 3.63) is 41.2 Å². The van der Waals surface area contributed by atoms with Crippen LogP contribution in [0.5, 0.6) is 0 Å². The Hall–Kier alpha value is -1.97. The van der Waals surface area contributed by atoms with E-state index in [4.69, 9.17) is 9.47 Å². The van der Waals surface area contributed by atoms with Crippen molar-refractivity contribution in [1.29, 1.82) is 0 Å². The normalized spacial score (nSPS) is 30.0. The summed E-state index contributed by atoms with van der Waals surface area (Å²) in [5.74, 6) is 0.0124. The Morgan fingerprint density at radius 3 is 2.88 bits per heavy atom. The minimum absolute atomic E-state index is 0.0210. The molecule has 1 aromatic heterocycles. The molecule has 2 aliphatic heterocycles. The van der Waals surface area contributed by atoms with Gasteiger partial charge in [0, 0.05) is 57.2 Å². The fraction of sp³-hybridized carbons (Fsp3) is 0.667. The first-order valence-corrected chi connectivity index (χ1v) is 11.5. The number of rotatable bonds is 5. The molecule has 9 heteroatoms. The molecule has 182 valence electrons. The van der Waals surface area contributed by atoms with Crippen LogP contribution in [0, 0.1) is 11.3 Å². The summed E-state index contributed by atoms with van der Waals surface area (Å²) in [4.78, 5) is 19.5. The molecule has 0 aromatic carbocycles. The minimum atomic E-state index is -4.45. The largest absolute Gasteiger partial charge is 0.417 e. The SMILES string of the molecule is COC1COCCC1NC1C=CC(C(=O)N2CCc3ncc(C(F)(F)F)cc3C2)(C(C)C)C1. The molecule has 1 fully saturated rings. The summed E-state index contributed by atoms with van der Waals surface area (Å²) in [7, 11) is 1.67. The van der Waals surface area contributed by atoms with Crippen LogP contribution in [0.2, 0.25) is 0 Å². The molecule has 6 nitrogen and oxygen atoms in total. The summed E-state index contributed by atoms with van der Waals surface area (Å²) >= 11 is 0. The first-order chi connectivity index (χ1) is 15.6. The summed E-state index contributed by atoms with van der Waals surface area (Å²) in [5.41, 5.74) is -0.358. The first kappa shape index (κ1) is 24.2. The maximum absolute atomic E-state index is 13.8. The lowest BCUT2D eigenvalue weighted by Gasteiger charge is -2.39. The summed E-state index contributed by atoms with van der Waals surface area (Å²) in [5, 5.41) is 3.63. The second kappa shape index (κ2) is 9.35. The predicted molar refractivity (Wildman–Crippen MR) is 116 cm³/mol. The summed E-state index contributed by atoms with van der Waals surface area (Å²) in [6.45, 7) is 5.87. The molecule has 3 heterocycles. The number of carbonyl (C=O) groups excluding carboxylic acids is 1. The number of amides is 1. The standard InChI is InChI=1S/C24H32F3N3O3/c1-15(2)23(7-4-18(11-23)29-20-6-9-33-14-21(20)32-3)22(31)30-8-5-19-16(13-30)10-17(12-28-19)24(25,26)27/h4,7,10,12,15,18,20-21,29H,5-6,8-9,11,13-14H2,1-3H3. The minimum Gasteiger partial charge on any atom is -0.379 e. The zero-order chi connectivity index (χ0) is 23.8. The smallest absolute Gasteiger partial charge is 0.379 e. The summed E-state index contributed by atoms with van der Waals surface area (Å²) < 4.78 is 50.5. The van der Waals surface area contributed by atoms with E-state index >= 15 is 0 Å². The number of hydrogen-bond acceptors (Lipinski definition) is 5. The van der Waals surface area contributed by atoms with Gasteiger partial charge in [0.25, 0.3) is 0 Å². The molecule has 1 amide bonds. The topological polar surface area (TPSA) is 63.7 Å². The molecule has 33 heavy (non-hydrogen) atoms. The van der Waals surface area contributed by atoms with E-state index in [1.54, 1.807) is 12.0 Å². The Morgan fingerprint density at radius 2 is 2.18 bits per heavy atom. The van der Waals surface area contributed by atoms with Crippen molar-refractivity contribution in [1.82, 2.24) is 15.2 Å². The molecule has 1 aliphatic carbocycles. The number of aromatic nitrogens is 1.